The number of aliphatic carboxylic acids is 1. The molecule has 0 aliphatic rings. The van der Waals surface area contributed by atoms with Gasteiger partial charge in [-0.2, -0.15) is 0 Å². The van der Waals surface area contributed by atoms with Crippen LogP contribution in [0.1, 0.15) is 115 Å². The summed E-state index contributed by atoms with van der Waals surface area (Å²) in [5, 5.41) is 9.57. The lowest BCUT2D eigenvalue weighted by molar-refractivity contribution is -0.148. The molecule has 170 valence electrons. The Morgan fingerprint density at radius 3 is 2.07 bits per heavy atom. The number of rotatable bonds is 17. The van der Waals surface area contributed by atoms with Gasteiger partial charge < -0.3 is 9.84 Å². The summed E-state index contributed by atoms with van der Waals surface area (Å²) in [4.78, 5) is 23.6. The molecule has 0 aromatic heterocycles. The highest BCUT2D eigenvalue weighted by molar-refractivity contribution is 5.76. The SMILES string of the molecule is CCCCCCCC(=O)OC(C)CCc1ccc(C(CCCCCC)C(=O)O)cc1. The van der Waals surface area contributed by atoms with Gasteiger partial charge in [0.15, 0.2) is 0 Å². The smallest absolute Gasteiger partial charge is 0.310 e. The van der Waals surface area contributed by atoms with E-state index in [1.807, 2.05) is 31.2 Å². The first-order valence-electron chi connectivity index (χ1n) is 12.0. The maximum absolute atomic E-state index is 11.9. The summed E-state index contributed by atoms with van der Waals surface area (Å²) in [5.74, 6) is -1.26. The lowest BCUT2D eigenvalue weighted by Crippen LogP contribution is -2.15. The average molecular weight is 419 g/mol. The number of esters is 1. The Bertz CT molecular complexity index is 594. The second-order valence-corrected chi connectivity index (χ2v) is 8.49. The topological polar surface area (TPSA) is 63.6 Å². The first kappa shape index (κ1) is 26.2. The van der Waals surface area contributed by atoms with E-state index in [0.29, 0.717) is 12.8 Å². The first-order chi connectivity index (χ1) is 14.5. The molecule has 0 radical (unpaired) electrons. The molecule has 0 bridgehead atoms. The number of carbonyl (C=O) groups is 2. The van der Waals surface area contributed by atoms with Crippen molar-refractivity contribution in [2.45, 2.75) is 116 Å². The Balaban J connectivity index is 2.38. The molecule has 0 fully saturated rings. The molecular formula is C26H42O4. The second kappa shape index (κ2) is 15.9. The summed E-state index contributed by atoms with van der Waals surface area (Å²) >= 11 is 0. The number of ether oxygens (including phenoxy) is 1. The fourth-order valence-corrected chi connectivity index (χ4v) is 3.71. The molecule has 0 amide bonds. The van der Waals surface area contributed by atoms with E-state index < -0.39 is 11.9 Å². The Morgan fingerprint density at radius 1 is 0.867 bits per heavy atom. The summed E-state index contributed by atoms with van der Waals surface area (Å²) in [6.07, 6.45) is 12.7. The molecule has 0 heterocycles. The van der Waals surface area contributed by atoms with Crippen LogP contribution in [-0.4, -0.2) is 23.1 Å². The Morgan fingerprint density at radius 2 is 1.47 bits per heavy atom. The van der Waals surface area contributed by atoms with E-state index in [4.69, 9.17) is 4.74 Å². The molecule has 0 spiro atoms. The molecule has 2 atom stereocenters. The van der Waals surface area contributed by atoms with Gasteiger partial charge in [-0.15, -0.1) is 0 Å². The van der Waals surface area contributed by atoms with E-state index in [9.17, 15) is 14.7 Å². The zero-order valence-corrected chi connectivity index (χ0v) is 19.3. The third-order valence-electron chi connectivity index (χ3n) is 5.68. The minimum absolute atomic E-state index is 0.0956. The molecule has 2 unspecified atom stereocenters. The van der Waals surface area contributed by atoms with Crippen molar-refractivity contribution in [2.75, 3.05) is 0 Å². The minimum Gasteiger partial charge on any atom is -0.481 e. The molecule has 4 nitrogen and oxygen atoms in total. The number of hydrogen-bond acceptors (Lipinski definition) is 3. The van der Waals surface area contributed by atoms with Gasteiger partial charge in [-0.05, 0) is 43.7 Å². The largest absolute Gasteiger partial charge is 0.481 e. The van der Waals surface area contributed by atoms with Crippen molar-refractivity contribution in [2.24, 2.45) is 0 Å². The summed E-state index contributed by atoms with van der Waals surface area (Å²) in [6.45, 7) is 6.28. The highest BCUT2D eigenvalue weighted by Crippen LogP contribution is 2.24. The van der Waals surface area contributed by atoms with Gasteiger partial charge in [0, 0.05) is 6.42 Å². The van der Waals surface area contributed by atoms with E-state index in [2.05, 4.69) is 13.8 Å². The van der Waals surface area contributed by atoms with Crippen LogP contribution < -0.4 is 0 Å². The van der Waals surface area contributed by atoms with Gasteiger partial charge in [-0.25, -0.2) is 0 Å². The molecule has 1 N–H and O–H groups in total. The molecule has 0 aliphatic heterocycles. The third-order valence-corrected chi connectivity index (χ3v) is 5.68. The number of carboxylic acid groups (broad SMARTS) is 1. The summed E-state index contributed by atoms with van der Waals surface area (Å²) in [5.41, 5.74) is 2.03. The Hall–Kier alpha value is -1.84. The van der Waals surface area contributed by atoms with Crippen molar-refractivity contribution >= 4 is 11.9 Å². The first-order valence-corrected chi connectivity index (χ1v) is 12.0. The van der Waals surface area contributed by atoms with Crippen LogP contribution in [0.4, 0.5) is 0 Å². The van der Waals surface area contributed by atoms with Crippen LogP contribution in [-0.2, 0) is 20.7 Å². The highest BCUT2D eigenvalue weighted by atomic mass is 16.5. The van der Waals surface area contributed by atoms with Gasteiger partial charge in [0.25, 0.3) is 0 Å². The Kier molecular flexibility index (Phi) is 13.9. The van der Waals surface area contributed by atoms with Crippen LogP contribution in [0.5, 0.6) is 0 Å². The van der Waals surface area contributed by atoms with Gasteiger partial charge in [0.2, 0.25) is 0 Å². The minimum atomic E-state index is -0.741. The highest BCUT2D eigenvalue weighted by Gasteiger charge is 2.19. The number of hydrogen-bond donors (Lipinski definition) is 1. The molecule has 4 heteroatoms. The summed E-state index contributed by atoms with van der Waals surface area (Å²) in [7, 11) is 0. The number of unbranched alkanes of at least 4 members (excludes halogenated alkanes) is 7. The molecule has 1 rings (SSSR count). The van der Waals surface area contributed by atoms with Crippen molar-refractivity contribution in [3.05, 3.63) is 35.4 Å². The van der Waals surface area contributed by atoms with Crippen molar-refractivity contribution < 1.29 is 19.4 Å². The van der Waals surface area contributed by atoms with Crippen LogP contribution in [0.25, 0.3) is 0 Å². The van der Waals surface area contributed by atoms with Gasteiger partial charge in [-0.3, -0.25) is 9.59 Å². The molecule has 0 saturated heterocycles. The number of benzene rings is 1. The number of carboxylic acids is 1. The van der Waals surface area contributed by atoms with E-state index in [1.165, 1.54) is 19.3 Å². The molecule has 1 aromatic carbocycles. The fourth-order valence-electron chi connectivity index (χ4n) is 3.71. The van der Waals surface area contributed by atoms with Crippen molar-refractivity contribution in [1.82, 2.24) is 0 Å². The van der Waals surface area contributed by atoms with Crippen molar-refractivity contribution in [3.8, 4) is 0 Å². The lowest BCUT2D eigenvalue weighted by atomic mass is 9.92. The predicted octanol–water partition coefficient (Wildman–Crippen LogP) is 7.05. The van der Waals surface area contributed by atoms with E-state index in [0.717, 1.165) is 62.5 Å². The van der Waals surface area contributed by atoms with Crippen LogP contribution in [0.15, 0.2) is 24.3 Å². The van der Waals surface area contributed by atoms with Crippen LogP contribution in [0, 0.1) is 0 Å². The quantitative estimate of drug-likeness (QED) is 0.217. The van der Waals surface area contributed by atoms with Gasteiger partial charge >= 0.3 is 11.9 Å². The maximum atomic E-state index is 11.9. The van der Waals surface area contributed by atoms with Gasteiger partial charge in [0.05, 0.1) is 12.0 Å². The van der Waals surface area contributed by atoms with Gasteiger partial charge in [-0.1, -0.05) is 89.5 Å². The fraction of sp³-hybridized carbons (Fsp3) is 0.692. The van der Waals surface area contributed by atoms with Crippen molar-refractivity contribution in [3.63, 3.8) is 0 Å². The summed E-state index contributed by atoms with van der Waals surface area (Å²) in [6, 6.07) is 7.92. The lowest BCUT2D eigenvalue weighted by Gasteiger charge is -2.15. The van der Waals surface area contributed by atoms with E-state index >= 15 is 0 Å². The zero-order chi connectivity index (χ0) is 22.2. The van der Waals surface area contributed by atoms with Crippen LogP contribution >= 0.6 is 0 Å². The molecule has 30 heavy (non-hydrogen) atoms. The molecular weight excluding hydrogens is 376 g/mol. The predicted molar refractivity (Wildman–Crippen MR) is 123 cm³/mol. The summed E-state index contributed by atoms with van der Waals surface area (Å²) < 4.78 is 5.52. The van der Waals surface area contributed by atoms with E-state index in [1.54, 1.807) is 0 Å². The third kappa shape index (κ3) is 11.4. The monoisotopic (exact) mass is 418 g/mol. The average Bonchev–Trinajstić information content (AvgIpc) is 2.72. The Labute approximate surface area is 183 Å². The van der Waals surface area contributed by atoms with Crippen LogP contribution in [0.3, 0.4) is 0 Å². The van der Waals surface area contributed by atoms with E-state index in [-0.39, 0.29) is 12.1 Å². The molecule has 1 aromatic rings. The number of aryl methyl sites for hydroxylation is 1. The zero-order valence-electron chi connectivity index (χ0n) is 19.3. The van der Waals surface area contributed by atoms with Crippen molar-refractivity contribution in [1.29, 1.82) is 0 Å². The maximum Gasteiger partial charge on any atom is 0.310 e. The van der Waals surface area contributed by atoms with Gasteiger partial charge in [0.1, 0.15) is 0 Å². The second-order valence-electron chi connectivity index (χ2n) is 8.49. The number of carbonyl (C=O) groups excluding carboxylic acids is 1. The molecule has 0 saturated carbocycles. The normalized spacial score (nSPS) is 13.0. The standard InChI is InChI=1S/C26H42O4/c1-4-6-8-10-12-14-25(27)30-21(3)15-16-22-17-19-23(20-18-22)24(26(28)29)13-11-9-7-5-2/h17-21,24H,4-16H2,1-3H3,(H,28,29). The van der Waals surface area contributed by atoms with Crippen LogP contribution in [0.2, 0.25) is 0 Å². The molecule has 0 aliphatic carbocycles.